The first-order valence-electron chi connectivity index (χ1n) is 13.9. The highest BCUT2D eigenvalue weighted by Gasteiger charge is 2.28. The number of carbonyl (C=O) groups excluding carboxylic acids is 1. The van der Waals surface area contributed by atoms with E-state index in [1.165, 1.54) is 12.1 Å². The van der Waals surface area contributed by atoms with Gasteiger partial charge in [-0.05, 0) is 79.1 Å². The molecule has 1 aliphatic carbocycles. The zero-order valence-electron chi connectivity index (χ0n) is 23.8. The van der Waals surface area contributed by atoms with Crippen molar-refractivity contribution in [3.63, 3.8) is 0 Å². The number of aryl methyl sites for hydroxylation is 3. The third-order valence-electron chi connectivity index (χ3n) is 7.88. The van der Waals surface area contributed by atoms with Gasteiger partial charge in [-0.1, -0.05) is 36.8 Å². The molecule has 0 aliphatic heterocycles. The van der Waals surface area contributed by atoms with Crippen LogP contribution in [-0.4, -0.2) is 23.9 Å². The fraction of sp³-hybridized carbons (Fsp3) is 0.312. The second-order valence-corrected chi connectivity index (χ2v) is 12.7. The van der Waals surface area contributed by atoms with Gasteiger partial charge in [0.1, 0.15) is 17.5 Å². The van der Waals surface area contributed by atoms with E-state index in [0.717, 1.165) is 35.6 Å². The quantitative estimate of drug-likeness (QED) is 0.255. The molecule has 5 rings (SSSR count). The fourth-order valence-electron chi connectivity index (χ4n) is 5.45. The molecular weight excluding hydrogens is 558 g/mol. The van der Waals surface area contributed by atoms with Gasteiger partial charge in [-0.2, -0.15) is 0 Å². The van der Waals surface area contributed by atoms with Crippen LogP contribution in [0, 0.1) is 18.6 Å². The molecular formula is C32H34F2N4O3S. The highest BCUT2D eigenvalue weighted by atomic mass is 32.2. The van der Waals surface area contributed by atoms with Gasteiger partial charge in [-0.15, -0.1) is 0 Å². The van der Waals surface area contributed by atoms with Crippen LogP contribution in [0.4, 0.5) is 14.5 Å². The fourth-order valence-corrected chi connectivity index (χ4v) is 6.70. The summed E-state index contributed by atoms with van der Waals surface area (Å²) in [6.45, 7) is 3.80. The van der Waals surface area contributed by atoms with E-state index in [2.05, 4.69) is 9.71 Å². The monoisotopic (exact) mass is 592 g/mol. The summed E-state index contributed by atoms with van der Waals surface area (Å²) in [6, 6.07) is 15.3. The molecule has 220 valence electrons. The molecule has 1 N–H and O–H groups in total. The second kappa shape index (κ2) is 12.1. The van der Waals surface area contributed by atoms with Crippen molar-refractivity contribution < 1.29 is 22.0 Å². The number of nitrogens with zero attached hydrogens (tertiary/aromatic N) is 3. The minimum atomic E-state index is -3.78. The summed E-state index contributed by atoms with van der Waals surface area (Å²) in [5, 5.41) is 0. The number of imidazole rings is 1. The third-order valence-corrected chi connectivity index (χ3v) is 9.37. The largest absolute Gasteiger partial charge is 0.337 e. The van der Waals surface area contributed by atoms with E-state index in [0.29, 0.717) is 17.9 Å². The number of nitrogens with one attached hydrogen (secondary N) is 1. The minimum absolute atomic E-state index is 0.0203. The lowest BCUT2D eigenvalue weighted by Gasteiger charge is -2.30. The molecule has 1 heterocycles. The van der Waals surface area contributed by atoms with Crippen LogP contribution in [0.25, 0.3) is 0 Å². The Balaban J connectivity index is 1.46. The first kappa shape index (κ1) is 29.6. The molecule has 1 aliphatic rings. The number of anilines is 1. The SMILES string of the molecule is Cc1ccc(S(=O)(=O)N[C@@H]2CCCc3ccc(N(Cc4nccn4C)C(=O)C[C@H](C)c4ccc(F)cc4F)cc32)cc1. The number of amides is 1. The zero-order valence-corrected chi connectivity index (χ0v) is 24.7. The number of aromatic nitrogens is 2. The lowest BCUT2D eigenvalue weighted by molar-refractivity contribution is -0.119. The topological polar surface area (TPSA) is 84.3 Å². The number of hydrogen-bond acceptors (Lipinski definition) is 4. The summed E-state index contributed by atoms with van der Waals surface area (Å²) in [7, 11) is -1.94. The average Bonchev–Trinajstić information content (AvgIpc) is 3.35. The van der Waals surface area contributed by atoms with E-state index in [4.69, 9.17) is 0 Å². The number of carbonyl (C=O) groups is 1. The van der Waals surface area contributed by atoms with Crippen LogP contribution in [0.1, 0.15) is 66.2 Å². The molecule has 0 bridgehead atoms. The van der Waals surface area contributed by atoms with Crippen molar-refractivity contribution in [1.82, 2.24) is 14.3 Å². The zero-order chi connectivity index (χ0) is 30.0. The van der Waals surface area contributed by atoms with E-state index in [1.807, 2.05) is 36.7 Å². The van der Waals surface area contributed by atoms with E-state index < -0.39 is 33.6 Å². The summed E-state index contributed by atoms with van der Waals surface area (Å²) in [5.74, 6) is -1.48. The van der Waals surface area contributed by atoms with Gasteiger partial charge in [0.25, 0.3) is 0 Å². The number of halogens is 2. The highest BCUT2D eigenvalue weighted by Crippen LogP contribution is 2.35. The van der Waals surface area contributed by atoms with Gasteiger partial charge in [0.15, 0.2) is 0 Å². The van der Waals surface area contributed by atoms with Crippen LogP contribution in [-0.2, 0) is 34.8 Å². The van der Waals surface area contributed by atoms with Gasteiger partial charge in [0, 0.05) is 43.7 Å². The van der Waals surface area contributed by atoms with Crippen LogP contribution >= 0.6 is 0 Å². The van der Waals surface area contributed by atoms with Gasteiger partial charge in [0.2, 0.25) is 15.9 Å². The summed E-state index contributed by atoms with van der Waals surface area (Å²) in [4.78, 5) is 20.0. The van der Waals surface area contributed by atoms with Crippen molar-refractivity contribution in [1.29, 1.82) is 0 Å². The van der Waals surface area contributed by atoms with E-state index in [9.17, 15) is 22.0 Å². The lowest BCUT2D eigenvalue weighted by Crippen LogP contribution is -2.34. The Kier molecular flexibility index (Phi) is 8.56. The van der Waals surface area contributed by atoms with Gasteiger partial charge in [-0.3, -0.25) is 4.79 Å². The molecule has 7 nitrogen and oxygen atoms in total. The Morgan fingerprint density at radius 2 is 1.88 bits per heavy atom. The Morgan fingerprint density at radius 3 is 2.57 bits per heavy atom. The van der Waals surface area contributed by atoms with Gasteiger partial charge < -0.3 is 9.47 Å². The molecule has 1 aromatic heterocycles. The average molecular weight is 593 g/mol. The first-order chi connectivity index (χ1) is 20.0. The van der Waals surface area contributed by atoms with Crippen LogP contribution in [0.2, 0.25) is 0 Å². The number of hydrogen-bond donors (Lipinski definition) is 1. The minimum Gasteiger partial charge on any atom is -0.337 e. The first-order valence-corrected chi connectivity index (χ1v) is 15.4. The van der Waals surface area contributed by atoms with Crippen molar-refractivity contribution in [2.24, 2.45) is 7.05 Å². The summed E-state index contributed by atoms with van der Waals surface area (Å²) in [5.41, 5.74) is 3.67. The summed E-state index contributed by atoms with van der Waals surface area (Å²) < 4.78 is 59.2. The Morgan fingerprint density at radius 1 is 1.12 bits per heavy atom. The Bertz CT molecular complexity index is 1700. The number of benzene rings is 3. The molecule has 0 saturated carbocycles. The van der Waals surface area contributed by atoms with Crippen molar-refractivity contribution in [3.05, 3.63) is 113 Å². The lowest BCUT2D eigenvalue weighted by atomic mass is 9.87. The van der Waals surface area contributed by atoms with Crippen LogP contribution in [0.3, 0.4) is 0 Å². The second-order valence-electron chi connectivity index (χ2n) is 11.0. The predicted molar refractivity (Wildman–Crippen MR) is 157 cm³/mol. The van der Waals surface area contributed by atoms with E-state index >= 15 is 0 Å². The maximum absolute atomic E-state index is 14.5. The third kappa shape index (κ3) is 6.44. The Labute approximate surface area is 245 Å². The summed E-state index contributed by atoms with van der Waals surface area (Å²) >= 11 is 0. The van der Waals surface area contributed by atoms with Gasteiger partial charge in [0.05, 0.1) is 11.4 Å². The van der Waals surface area contributed by atoms with E-state index in [1.54, 1.807) is 48.5 Å². The smallest absolute Gasteiger partial charge is 0.241 e. The van der Waals surface area contributed by atoms with Gasteiger partial charge in [-0.25, -0.2) is 26.9 Å². The molecule has 1 amide bonds. The van der Waals surface area contributed by atoms with E-state index in [-0.39, 0.29) is 29.3 Å². The maximum Gasteiger partial charge on any atom is 0.241 e. The molecule has 0 spiro atoms. The van der Waals surface area contributed by atoms with Crippen molar-refractivity contribution in [2.45, 2.75) is 62.9 Å². The predicted octanol–water partition coefficient (Wildman–Crippen LogP) is 6.09. The Hall–Kier alpha value is -3.89. The molecule has 0 saturated heterocycles. The number of sulfonamides is 1. The highest BCUT2D eigenvalue weighted by molar-refractivity contribution is 7.89. The van der Waals surface area contributed by atoms with Crippen molar-refractivity contribution in [3.8, 4) is 0 Å². The van der Waals surface area contributed by atoms with Gasteiger partial charge >= 0.3 is 0 Å². The van der Waals surface area contributed by atoms with Crippen LogP contribution < -0.4 is 9.62 Å². The standard InChI is InChI=1S/C32H34F2N4O3S/c1-21-7-12-26(13-8-21)42(40,41)36-30-6-4-5-23-9-11-25(19-28(23)30)38(20-31-35-15-16-37(31)3)32(39)17-22(2)27-14-10-24(33)18-29(27)34/h7-16,18-19,22,30,36H,4-6,17,20H2,1-3H3/t22-,30+/m0/s1. The van der Waals surface area contributed by atoms with Crippen molar-refractivity contribution >= 4 is 21.6 Å². The molecule has 10 heteroatoms. The maximum atomic E-state index is 14.5. The molecule has 0 radical (unpaired) electrons. The molecule has 0 fully saturated rings. The molecule has 4 aromatic rings. The van der Waals surface area contributed by atoms with Crippen LogP contribution in [0.5, 0.6) is 0 Å². The molecule has 2 atom stereocenters. The summed E-state index contributed by atoms with van der Waals surface area (Å²) in [6.07, 6.45) is 5.66. The number of fused-ring (bicyclic) bond motifs is 1. The molecule has 42 heavy (non-hydrogen) atoms. The van der Waals surface area contributed by atoms with Crippen LogP contribution in [0.15, 0.2) is 78.0 Å². The normalized spacial score (nSPS) is 15.7. The molecule has 3 aromatic carbocycles. The number of rotatable bonds is 9. The van der Waals surface area contributed by atoms with Crippen molar-refractivity contribution in [2.75, 3.05) is 4.90 Å². The molecule has 0 unspecified atom stereocenters.